The Hall–Kier alpha value is -4.19. The Bertz CT molecular complexity index is 1410. The SMILES string of the molecule is Cc1nc2ccc(NC(=O)C(=O)c3c(-c4ccccc4)cc4ccccn34)cc2[nH]1. The van der Waals surface area contributed by atoms with Crippen molar-refractivity contribution in [1.82, 2.24) is 14.4 Å². The number of nitrogens with zero attached hydrogens (tertiary/aromatic N) is 2. The number of carbonyl (C=O) groups excluding carboxylic acids is 2. The number of Topliss-reactive ketones (excluding diaryl/α,β-unsaturated/α-hetero) is 1. The van der Waals surface area contributed by atoms with Crippen LogP contribution in [0.3, 0.4) is 0 Å². The molecule has 1 amide bonds. The van der Waals surface area contributed by atoms with Gasteiger partial charge in [0.25, 0.3) is 11.7 Å². The smallest absolute Gasteiger partial charge is 0.298 e. The maximum Gasteiger partial charge on any atom is 0.298 e. The zero-order chi connectivity index (χ0) is 20.7. The summed E-state index contributed by atoms with van der Waals surface area (Å²) in [6.07, 6.45) is 1.79. The lowest BCUT2D eigenvalue weighted by atomic mass is 10.0. The summed E-state index contributed by atoms with van der Waals surface area (Å²) < 4.78 is 1.76. The Labute approximate surface area is 172 Å². The number of aryl methyl sites for hydroxylation is 1. The molecule has 0 bridgehead atoms. The van der Waals surface area contributed by atoms with Crippen LogP contribution in [0.2, 0.25) is 0 Å². The summed E-state index contributed by atoms with van der Waals surface area (Å²) >= 11 is 0. The van der Waals surface area contributed by atoms with Crippen LogP contribution in [-0.2, 0) is 4.79 Å². The summed E-state index contributed by atoms with van der Waals surface area (Å²) in [5.41, 5.74) is 4.94. The van der Waals surface area contributed by atoms with Gasteiger partial charge in [-0.1, -0.05) is 36.4 Å². The summed E-state index contributed by atoms with van der Waals surface area (Å²) in [7, 11) is 0. The Balaban J connectivity index is 1.54. The Morgan fingerprint density at radius 2 is 1.77 bits per heavy atom. The van der Waals surface area contributed by atoms with Gasteiger partial charge in [-0.3, -0.25) is 9.59 Å². The van der Waals surface area contributed by atoms with Crippen LogP contribution in [0.4, 0.5) is 5.69 Å². The molecule has 30 heavy (non-hydrogen) atoms. The molecule has 2 aromatic carbocycles. The molecule has 0 aliphatic carbocycles. The van der Waals surface area contributed by atoms with Crippen molar-refractivity contribution in [2.45, 2.75) is 6.92 Å². The van der Waals surface area contributed by atoms with E-state index in [-0.39, 0.29) is 0 Å². The topological polar surface area (TPSA) is 79.3 Å². The number of amides is 1. The van der Waals surface area contributed by atoms with Crippen LogP contribution in [-0.4, -0.2) is 26.1 Å². The van der Waals surface area contributed by atoms with E-state index in [0.29, 0.717) is 11.4 Å². The molecule has 0 aliphatic rings. The highest BCUT2D eigenvalue weighted by atomic mass is 16.2. The third-order valence-corrected chi connectivity index (χ3v) is 5.04. The first kappa shape index (κ1) is 17.9. The lowest BCUT2D eigenvalue weighted by Gasteiger charge is -2.08. The third-order valence-electron chi connectivity index (χ3n) is 5.04. The molecule has 0 spiro atoms. The first-order valence-corrected chi connectivity index (χ1v) is 9.58. The van der Waals surface area contributed by atoms with Gasteiger partial charge in [-0.05, 0) is 48.9 Å². The Morgan fingerprint density at radius 3 is 2.60 bits per heavy atom. The number of aromatic amines is 1. The van der Waals surface area contributed by atoms with Crippen LogP contribution in [0.1, 0.15) is 16.3 Å². The fraction of sp³-hybridized carbons (Fsp3) is 0.0417. The minimum absolute atomic E-state index is 0.341. The normalized spacial score (nSPS) is 11.1. The van der Waals surface area contributed by atoms with Gasteiger partial charge in [0.15, 0.2) is 0 Å². The van der Waals surface area contributed by atoms with E-state index in [4.69, 9.17) is 0 Å². The van der Waals surface area contributed by atoms with Gasteiger partial charge in [0, 0.05) is 23.0 Å². The average molecular weight is 394 g/mol. The molecule has 5 aromatic rings. The summed E-state index contributed by atoms with van der Waals surface area (Å²) in [6, 6.07) is 22.5. The molecule has 3 aromatic heterocycles. The van der Waals surface area contributed by atoms with Crippen molar-refractivity contribution < 1.29 is 9.59 Å². The summed E-state index contributed by atoms with van der Waals surface area (Å²) in [6.45, 7) is 1.87. The average Bonchev–Trinajstić information content (AvgIpc) is 3.33. The second kappa shape index (κ2) is 7.00. The predicted octanol–water partition coefficient (Wildman–Crippen LogP) is 4.61. The molecule has 6 nitrogen and oxygen atoms in total. The highest BCUT2D eigenvalue weighted by Crippen LogP contribution is 2.28. The van der Waals surface area contributed by atoms with E-state index in [1.807, 2.05) is 61.5 Å². The summed E-state index contributed by atoms with van der Waals surface area (Å²) in [4.78, 5) is 33.6. The number of pyridine rings is 1. The molecule has 0 radical (unpaired) electrons. The Morgan fingerprint density at radius 1 is 0.967 bits per heavy atom. The largest absolute Gasteiger partial charge is 0.342 e. The van der Waals surface area contributed by atoms with Crippen molar-refractivity contribution in [1.29, 1.82) is 0 Å². The molecule has 3 heterocycles. The number of aromatic nitrogens is 3. The molecule has 0 fully saturated rings. The van der Waals surface area contributed by atoms with E-state index >= 15 is 0 Å². The second-order valence-electron chi connectivity index (χ2n) is 7.11. The zero-order valence-corrected chi connectivity index (χ0v) is 16.2. The number of hydrogen-bond donors (Lipinski definition) is 2. The minimum Gasteiger partial charge on any atom is -0.342 e. The van der Waals surface area contributed by atoms with Crippen LogP contribution in [0.15, 0.2) is 79.0 Å². The number of imidazole rings is 1. The van der Waals surface area contributed by atoms with Gasteiger partial charge in [-0.2, -0.15) is 0 Å². The van der Waals surface area contributed by atoms with Crippen LogP contribution >= 0.6 is 0 Å². The van der Waals surface area contributed by atoms with E-state index < -0.39 is 11.7 Å². The molecule has 0 atom stereocenters. The molecule has 0 aliphatic heterocycles. The number of fused-ring (bicyclic) bond motifs is 2. The highest BCUT2D eigenvalue weighted by molar-refractivity contribution is 6.47. The van der Waals surface area contributed by atoms with E-state index in [1.165, 1.54) is 0 Å². The standard InChI is InChI=1S/C24H18N4O2/c1-15-25-20-11-10-17(13-21(20)26-15)27-24(30)23(29)22-19(16-7-3-2-4-8-16)14-18-9-5-6-12-28(18)22/h2-14H,1H3,(H,25,26)(H,27,30). The molecule has 0 saturated heterocycles. The van der Waals surface area contributed by atoms with Crippen molar-refractivity contribution in [3.63, 3.8) is 0 Å². The van der Waals surface area contributed by atoms with Crippen molar-refractivity contribution >= 4 is 33.9 Å². The van der Waals surface area contributed by atoms with Gasteiger partial charge in [-0.25, -0.2) is 4.98 Å². The molecule has 2 N–H and O–H groups in total. The van der Waals surface area contributed by atoms with Gasteiger partial charge >= 0.3 is 0 Å². The van der Waals surface area contributed by atoms with E-state index in [0.717, 1.165) is 33.5 Å². The summed E-state index contributed by atoms with van der Waals surface area (Å²) in [5.74, 6) is -0.496. The predicted molar refractivity (Wildman–Crippen MR) is 117 cm³/mol. The quantitative estimate of drug-likeness (QED) is 0.345. The van der Waals surface area contributed by atoms with Crippen molar-refractivity contribution in [3.05, 3.63) is 90.5 Å². The number of rotatable bonds is 4. The Kier molecular flexibility index (Phi) is 4.17. The number of benzene rings is 2. The van der Waals surface area contributed by atoms with Gasteiger partial charge in [0.05, 0.1) is 11.0 Å². The van der Waals surface area contributed by atoms with Crippen molar-refractivity contribution in [2.75, 3.05) is 5.32 Å². The summed E-state index contributed by atoms with van der Waals surface area (Å²) in [5, 5.41) is 2.73. The fourth-order valence-corrected chi connectivity index (χ4v) is 3.70. The van der Waals surface area contributed by atoms with Crippen molar-refractivity contribution in [2.24, 2.45) is 0 Å². The maximum absolute atomic E-state index is 13.2. The molecular formula is C24H18N4O2. The highest BCUT2D eigenvalue weighted by Gasteiger charge is 2.24. The molecule has 0 saturated carbocycles. The fourth-order valence-electron chi connectivity index (χ4n) is 3.70. The number of hydrogen-bond acceptors (Lipinski definition) is 3. The lowest BCUT2D eigenvalue weighted by Crippen LogP contribution is -2.24. The molecule has 0 unspecified atom stereocenters. The van der Waals surface area contributed by atoms with Crippen LogP contribution in [0.25, 0.3) is 27.7 Å². The minimum atomic E-state index is -0.688. The van der Waals surface area contributed by atoms with E-state index in [2.05, 4.69) is 15.3 Å². The second-order valence-corrected chi connectivity index (χ2v) is 7.11. The van der Waals surface area contributed by atoms with E-state index in [9.17, 15) is 9.59 Å². The van der Waals surface area contributed by atoms with Crippen LogP contribution < -0.4 is 5.32 Å². The first-order chi connectivity index (χ1) is 14.6. The number of anilines is 1. The zero-order valence-electron chi connectivity index (χ0n) is 16.2. The van der Waals surface area contributed by atoms with Gasteiger partial charge in [0.1, 0.15) is 11.5 Å². The van der Waals surface area contributed by atoms with Gasteiger partial charge in [0.2, 0.25) is 0 Å². The number of carbonyl (C=O) groups is 2. The third kappa shape index (κ3) is 3.04. The maximum atomic E-state index is 13.2. The van der Waals surface area contributed by atoms with Gasteiger partial charge in [-0.15, -0.1) is 0 Å². The van der Waals surface area contributed by atoms with Crippen molar-refractivity contribution in [3.8, 4) is 11.1 Å². The number of ketones is 1. The lowest BCUT2D eigenvalue weighted by molar-refractivity contribution is -0.112. The monoisotopic (exact) mass is 394 g/mol. The molecular weight excluding hydrogens is 376 g/mol. The number of H-pyrrole nitrogens is 1. The number of nitrogens with one attached hydrogen (secondary N) is 2. The van der Waals surface area contributed by atoms with E-state index in [1.54, 1.807) is 28.8 Å². The van der Waals surface area contributed by atoms with Crippen LogP contribution in [0.5, 0.6) is 0 Å². The molecule has 146 valence electrons. The molecule has 6 heteroatoms. The van der Waals surface area contributed by atoms with Crippen LogP contribution in [0, 0.1) is 6.92 Å². The first-order valence-electron chi connectivity index (χ1n) is 9.58. The van der Waals surface area contributed by atoms with Gasteiger partial charge < -0.3 is 14.7 Å². The molecule has 5 rings (SSSR count).